The van der Waals surface area contributed by atoms with Gasteiger partial charge in [-0.25, -0.2) is 4.79 Å². The van der Waals surface area contributed by atoms with E-state index in [-0.39, 0.29) is 11.7 Å². The van der Waals surface area contributed by atoms with Gasteiger partial charge in [-0.2, -0.15) is 4.68 Å². The fourth-order valence-corrected chi connectivity index (χ4v) is 4.42. The smallest absolute Gasteiger partial charge is 0.341 e. The normalized spacial score (nSPS) is 10.8. The van der Waals surface area contributed by atoms with E-state index in [4.69, 9.17) is 4.74 Å². The Morgan fingerprint density at radius 1 is 1.24 bits per heavy atom. The first kappa shape index (κ1) is 21.0. The number of carbonyl (C=O) groups is 2. The van der Waals surface area contributed by atoms with Crippen LogP contribution in [0.5, 0.6) is 0 Å². The van der Waals surface area contributed by atoms with Crippen LogP contribution < -0.4 is 5.32 Å². The topological polar surface area (TPSA) is 99.0 Å². The van der Waals surface area contributed by atoms with E-state index in [1.165, 1.54) is 35.8 Å². The number of rotatable bonds is 7. The Hall–Kier alpha value is -2.72. The van der Waals surface area contributed by atoms with E-state index < -0.39 is 5.97 Å². The van der Waals surface area contributed by atoms with Gasteiger partial charge in [-0.3, -0.25) is 4.79 Å². The zero-order valence-electron chi connectivity index (χ0n) is 16.6. The van der Waals surface area contributed by atoms with Crippen molar-refractivity contribution in [3.63, 3.8) is 0 Å². The lowest BCUT2D eigenvalue weighted by atomic mass is 10.1. The lowest BCUT2D eigenvalue weighted by molar-refractivity contribution is -0.113. The summed E-state index contributed by atoms with van der Waals surface area (Å²) in [5, 5.41) is 15.5. The maximum absolute atomic E-state index is 12.5. The summed E-state index contributed by atoms with van der Waals surface area (Å²) in [6.07, 6.45) is 0.951. The molecular weight excluding hydrogens is 410 g/mol. The number of thiophene rings is 1. The van der Waals surface area contributed by atoms with Crippen LogP contribution in [0.3, 0.4) is 0 Å². The Morgan fingerprint density at radius 2 is 1.97 bits per heavy atom. The first-order valence-electron chi connectivity index (χ1n) is 8.93. The quantitative estimate of drug-likeness (QED) is 0.452. The number of thioether (sulfide) groups is 1. The van der Waals surface area contributed by atoms with E-state index in [0.29, 0.717) is 15.7 Å². The van der Waals surface area contributed by atoms with Gasteiger partial charge in [-0.1, -0.05) is 30.8 Å². The van der Waals surface area contributed by atoms with Crippen LogP contribution in [0, 0.1) is 13.8 Å². The van der Waals surface area contributed by atoms with Crippen molar-refractivity contribution in [2.24, 2.45) is 0 Å². The number of aryl methyl sites for hydroxylation is 2. The third-order valence-corrected chi connectivity index (χ3v) is 6.43. The van der Waals surface area contributed by atoms with E-state index >= 15 is 0 Å². The number of esters is 1. The number of tetrazole rings is 1. The maximum Gasteiger partial charge on any atom is 0.341 e. The van der Waals surface area contributed by atoms with Crippen molar-refractivity contribution in [1.29, 1.82) is 0 Å². The second-order valence-electron chi connectivity index (χ2n) is 6.21. The third-order valence-electron chi connectivity index (χ3n) is 4.39. The number of benzene rings is 1. The van der Waals surface area contributed by atoms with Crippen LogP contribution >= 0.6 is 23.1 Å². The van der Waals surface area contributed by atoms with Crippen molar-refractivity contribution in [3.8, 4) is 5.69 Å². The molecule has 2 heterocycles. The van der Waals surface area contributed by atoms with Gasteiger partial charge >= 0.3 is 5.97 Å². The summed E-state index contributed by atoms with van der Waals surface area (Å²) in [5.41, 5.74) is 3.25. The van der Waals surface area contributed by atoms with Crippen molar-refractivity contribution in [1.82, 2.24) is 20.2 Å². The number of hydrogen-bond donors (Lipinski definition) is 1. The number of ether oxygens (including phenoxy) is 1. The highest BCUT2D eigenvalue weighted by molar-refractivity contribution is 7.99. The zero-order valence-corrected chi connectivity index (χ0v) is 18.2. The molecule has 0 radical (unpaired) electrons. The Bertz CT molecular complexity index is 1030. The molecule has 152 valence electrons. The lowest BCUT2D eigenvalue weighted by Crippen LogP contribution is -2.16. The minimum Gasteiger partial charge on any atom is -0.465 e. The van der Waals surface area contributed by atoms with Gasteiger partial charge < -0.3 is 10.1 Å². The summed E-state index contributed by atoms with van der Waals surface area (Å²) < 4.78 is 6.43. The molecule has 10 heteroatoms. The summed E-state index contributed by atoms with van der Waals surface area (Å²) in [4.78, 5) is 25.5. The number of nitrogens with zero attached hydrogens (tertiary/aromatic N) is 4. The number of anilines is 1. The third kappa shape index (κ3) is 4.65. The van der Waals surface area contributed by atoms with Gasteiger partial charge in [-0.15, -0.1) is 16.4 Å². The molecule has 1 amide bonds. The Balaban J connectivity index is 1.69. The molecule has 2 aromatic heterocycles. The Labute approximate surface area is 176 Å². The second-order valence-corrected chi connectivity index (χ2v) is 8.38. The van der Waals surface area contributed by atoms with Crippen molar-refractivity contribution < 1.29 is 14.3 Å². The highest BCUT2D eigenvalue weighted by atomic mass is 32.2. The van der Waals surface area contributed by atoms with Gasteiger partial charge in [0, 0.05) is 4.88 Å². The molecule has 0 saturated carbocycles. The number of carbonyl (C=O) groups excluding carboxylic acids is 2. The first-order chi connectivity index (χ1) is 13.9. The molecule has 1 N–H and O–H groups in total. The first-order valence-corrected chi connectivity index (χ1v) is 10.7. The van der Waals surface area contributed by atoms with Gasteiger partial charge in [0.2, 0.25) is 11.1 Å². The Morgan fingerprint density at radius 3 is 2.62 bits per heavy atom. The molecule has 0 spiro atoms. The predicted octanol–water partition coefficient (Wildman–Crippen LogP) is 3.42. The van der Waals surface area contributed by atoms with Crippen LogP contribution in [0.15, 0.2) is 29.4 Å². The molecule has 3 aromatic rings. The summed E-state index contributed by atoms with van der Waals surface area (Å²) in [6, 6.07) is 7.93. The standard InChI is InChI=1S/C19H21N5O3S2/c1-5-13-6-8-14(9-7-13)24-19(21-22-23-24)28-10-15(25)20-17-16(18(26)27-4)11(2)12(3)29-17/h6-9H,5,10H2,1-4H3,(H,20,25). The molecule has 0 aliphatic rings. The summed E-state index contributed by atoms with van der Waals surface area (Å²) >= 11 is 2.57. The van der Waals surface area contributed by atoms with Gasteiger partial charge in [0.25, 0.3) is 0 Å². The SMILES string of the molecule is CCc1ccc(-n2nnnc2SCC(=O)Nc2sc(C)c(C)c2C(=O)OC)cc1. The summed E-state index contributed by atoms with van der Waals surface area (Å²) in [5.74, 6) is -0.615. The lowest BCUT2D eigenvalue weighted by Gasteiger charge is -2.07. The van der Waals surface area contributed by atoms with Crippen LogP contribution in [-0.4, -0.2) is 44.9 Å². The highest BCUT2D eigenvalue weighted by Gasteiger charge is 2.22. The minimum atomic E-state index is -0.464. The van der Waals surface area contributed by atoms with Gasteiger partial charge in [0.05, 0.1) is 24.1 Å². The molecule has 0 unspecified atom stereocenters. The van der Waals surface area contributed by atoms with Crippen LogP contribution in [-0.2, 0) is 16.0 Å². The predicted molar refractivity (Wildman–Crippen MR) is 113 cm³/mol. The summed E-state index contributed by atoms with van der Waals surface area (Å²) in [6.45, 7) is 5.82. The van der Waals surface area contributed by atoms with Crippen LogP contribution in [0.2, 0.25) is 0 Å². The molecule has 0 aliphatic heterocycles. The molecule has 29 heavy (non-hydrogen) atoms. The number of nitrogens with one attached hydrogen (secondary N) is 1. The molecule has 0 saturated heterocycles. The van der Waals surface area contributed by atoms with Crippen LogP contribution in [0.1, 0.15) is 33.3 Å². The Kier molecular flexibility index (Phi) is 6.65. The number of aromatic nitrogens is 4. The molecule has 3 rings (SSSR count). The summed E-state index contributed by atoms with van der Waals surface area (Å²) in [7, 11) is 1.32. The highest BCUT2D eigenvalue weighted by Crippen LogP contribution is 2.33. The minimum absolute atomic E-state index is 0.101. The molecular formula is C19H21N5O3S2. The van der Waals surface area contributed by atoms with Crippen molar-refractivity contribution in [2.45, 2.75) is 32.3 Å². The van der Waals surface area contributed by atoms with Crippen LogP contribution in [0.4, 0.5) is 5.00 Å². The van der Waals surface area contributed by atoms with Gasteiger partial charge in [0.15, 0.2) is 0 Å². The molecule has 0 aliphatic carbocycles. The fraction of sp³-hybridized carbons (Fsp3) is 0.316. The largest absolute Gasteiger partial charge is 0.465 e. The van der Waals surface area contributed by atoms with Crippen molar-refractivity contribution >= 4 is 40.0 Å². The monoisotopic (exact) mass is 431 g/mol. The van der Waals surface area contributed by atoms with Gasteiger partial charge in [-0.05, 0) is 54.0 Å². The van der Waals surface area contributed by atoms with E-state index in [0.717, 1.165) is 22.5 Å². The zero-order chi connectivity index (χ0) is 21.0. The maximum atomic E-state index is 12.5. The van der Waals surface area contributed by atoms with E-state index in [1.54, 1.807) is 4.68 Å². The van der Waals surface area contributed by atoms with E-state index in [9.17, 15) is 9.59 Å². The van der Waals surface area contributed by atoms with E-state index in [2.05, 4.69) is 27.8 Å². The fourth-order valence-electron chi connectivity index (χ4n) is 2.66. The molecule has 0 atom stereocenters. The number of methoxy groups -OCH3 is 1. The molecule has 0 fully saturated rings. The number of amides is 1. The van der Waals surface area contributed by atoms with Crippen molar-refractivity contribution in [2.75, 3.05) is 18.2 Å². The van der Waals surface area contributed by atoms with E-state index in [1.807, 2.05) is 38.1 Å². The molecule has 8 nitrogen and oxygen atoms in total. The average molecular weight is 432 g/mol. The van der Waals surface area contributed by atoms with Crippen molar-refractivity contribution in [3.05, 3.63) is 45.8 Å². The second kappa shape index (κ2) is 9.19. The average Bonchev–Trinajstić information content (AvgIpc) is 3.30. The van der Waals surface area contributed by atoms with Crippen LogP contribution in [0.25, 0.3) is 5.69 Å². The van der Waals surface area contributed by atoms with Gasteiger partial charge in [0.1, 0.15) is 5.00 Å². The molecule has 1 aromatic carbocycles. The number of hydrogen-bond acceptors (Lipinski definition) is 8. The molecule has 0 bridgehead atoms.